The Morgan fingerprint density at radius 3 is 2.44 bits per heavy atom. The van der Waals surface area contributed by atoms with Crippen LogP contribution in [0.25, 0.3) is 0 Å². The van der Waals surface area contributed by atoms with Crippen molar-refractivity contribution < 1.29 is 4.39 Å². The second kappa shape index (κ2) is 4.02. The smallest absolute Gasteiger partial charge is 0.172 e. The molecule has 1 atom stereocenters. The Morgan fingerprint density at radius 2 is 1.94 bits per heavy atom. The SMILES string of the molecule is Cc1nc(C(N)c2ccc(F)cc2)nn1C. The quantitative estimate of drug-likeness (QED) is 0.830. The summed E-state index contributed by atoms with van der Waals surface area (Å²) in [4.78, 5) is 4.24. The molecule has 0 aliphatic rings. The van der Waals surface area contributed by atoms with Crippen molar-refractivity contribution in [2.45, 2.75) is 13.0 Å². The zero-order valence-electron chi connectivity index (χ0n) is 9.18. The van der Waals surface area contributed by atoms with Crippen molar-refractivity contribution >= 4 is 0 Å². The average Bonchev–Trinajstić information content (AvgIpc) is 2.59. The van der Waals surface area contributed by atoms with Gasteiger partial charge in [0.1, 0.15) is 11.6 Å². The number of halogens is 1. The summed E-state index contributed by atoms with van der Waals surface area (Å²) >= 11 is 0. The lowest BCUT2D eigenvalue weighted by Gasteiger charge is -2.07. The highest BCUT2D eigenvalue weighted by Gasteiger charge is 2.14. The maximum Gasteiger partial charge on any atom is 0.172 e. The summed E-state index contributed by atoms with van der Waals surface area (Å²) in [6.07, 6.45) is 0. The molecule has 1 unspecified atom stereocenters. The molecular weight excluding hydrogens is 207 g/mol. The molecule has 84 valence electrons. The summed E-state index contributed by atoms with van der Waals surface area (Å²) < 4.78 is 14.4. The van der Waals surface area contributed by atoms with Crippen molar-refractivity contribution in [2.75, 3.05) is 0 Å². The van der Waals surface area contributed by atoms with Gasteiger partial charge >= 0.3 is 0 Å². The molecular formula is C11H13FN4. The van der Waals surface area contributed by atoms with Crippen LogP contribution in [0.3, 0.4) is 0 Å². The first-order valence-corrected chi connectivity index (χ1v) is 4.96. The zero-order chi connectivity index (χ0) is 11.7. The predicted octanol–water partition coefficient (Wildman–Crippen LogP) is 1.31. The van der Waals surface area contributed by atoms with Crippen LogP contribution in [-0.2, 0) is 7.05 Å². The molecule has 0 radical (unpaired) electrons. The highest BCUT2D eigenvalue weighted by atomic mass is 19.1. The van der Waals surface area contributed by atoms with Crippen molar-refractivity contribution in [3.63, 3.8) is 0 Å². The van der Waals surface area contributed by atoms with Gasteiger partial charge in [-0.2, -0.15) is 5.10 Å². The van der Waals surface area contributed by atoms with E-state index in [1.165, 1.54) is 12.1 Å². The van der Waals surface area contributed by atoms with Gasteiger partial charge in [0, 0.05) is 7.05 Å². The maximum absolute atomic E-state index is 12.7. The van der Waals surface area contributed by atoms with Gasteiger partial charge in [0.2, 0.25) is 0 Å². The molecule has 2 aromatic rings. The minimum atomic E-state index is -0.416. The highest BCUT2D eigenvalue weighted by molar-refractivity contribution is 5.24. The van der Waals surface area contributed by atoms with E-state index in [0.29, 0.717) is 5.82 Å². The molecule has 0 amide bonds. The third kappa shape index (κ3) is 1.94. The lowest BCUT2D eigenvalue weighted by Crippen LogP contribution is -2.14. The molecule has 0 saturated heterocycles. The molecule has 4 nitrogen and oxygen atoms in total. The van der Waals surface area contributed by atoms with Crippen LogP contribution in [0.4, 0.5) is 4.39 Å². The fourth-order valence-electron chi connectivity index (χ4n) is 1.44. The molecule has 5 heteroatoms. The maximum atomic E-state index is 12.7. The van der Waals surface area contributed by atoms with Gasteiger partial charge in [0.05, 0.1) is 6.04 Å². The Balaban J connectivity index is 2.31. The molecule has 1 aromatic heterocycles. The summed E-state index contributed by atoms with van der Waals surface area (Å²) in [5.74, 6) is 1.07. The minimum Gasteiger partial charge on any atom is -0.318 e. The zero-order valence-corrected chi connectivity index (χ0v) is 9.18. The topological polar surface area (TPSA) is 56.7 Å². The largest absolute Gasteiger partial charge is 0.318 e. The summed E-state index contributed by atoms with van der Waals surface area (Å²) in [6.45, 7) is 1.86. The summed E-state index contributed by atoms with van der Waals surface area (Å²) in [5.41, 5.74) is 6.79. The number of benzene rings is 1. The lowest BCUT2D eigenvalue weighted by molar-refractivity contribution is 0.625. The van der Waals surface area contributed by atoms with Crippen LogP contribution in [0.2, 0.25) is 0 Å². The summed E-state index contributed by atoms with van der Waals surface area (Å²) in [6, 6.07) is 5.63. The van der Waals surface area contributed by atoms with E-state index in [1.54, 1.807) is 16.8 Å². The van der Waals surface area contributed by atoms with Gasteiger partial charge in [-0.05, 0) is 24.6 Å². The number of nitrogens with two attached hydrogens (primary N) is 1. The van der Waals surface area contributed by atoms with Crippen LogP contribution in [0.1, 0.15) is 23.3 Å². The first kappa shape index (κ1) is 10.8. The third-order valence-electron chi connectivity index (χ3n) is 2.50. The standard InChI is InChI=1S/C11H13FN4/c1-7-14-11(15-16(7)2)10(13)8-3-5-9(12)6-4-8/h3-6,10H,13H2,1-2H3. The first-order chi connectivity index (χ1) is 7.58. The minimum absolute atomic E-state index is 0.277. The molecule has 0 fully saturated rings. The number of hydrogen-bond donors (Lipinski definition) is 1. The molecule has 0 saturated carbocycles. The Hall–Kier alpha value is -1.75. The molecule has 16 heavy (non-hydrogen) atoms. The van der Waals surface area contributed by atoms with Gasteiger partial charge in [-0.1, -0.05) is 12.1 Å². The van der Waals surface area contributed by atoms with Gasteiger partial charge in [0.25, 0.3) is 0 Å². The normalized spacial score (nSPS) is 12.8. The Morgan fingerprint density at radius 1 is 1.31 bits per heavy atom. The van der Waals surface area contributed by atoms with E-state index in [0.717, 1.165) is 11.4 Å². The van der Waals surface area contributed by atoms with Crippen molar-refractivity contribution in [1.82, 2.24) is 14.8 Å². The predicted molar refractivity (Wildman–Crippen MR) is 58.2 cm³/mol. The summed E-state index contributed by atoms with van der Waals surface area (Å²) in [5, 5.41) is 4.20. The molecule has 0 spiro atoms. The number of aryl methyl sites for hydroxylation is 2. The van der Waals surface area contributed by atoms with Crippen LogP contribution in [0.5, 0.6) is 0 Å². The Labute approximate surface area is 92.9 Å². The molecule has 0 aliphatic carbocycles. The molecule has 1 heterocycles. The van der Waals surface area contributed by atoms with Gasteiger partial charge in [-0.15, -0.1) is 0 Å². The van der Waals surface area contributed by atoms with Gasteiger partial charge in [0.15, 0.2) is 5.82 Å². The highest BCUT2D eigenvalue weighted by Crippen LogP contribution is 2.16. The Bertz CT molecular complexity index is 470. The van der Waals surface area contributed by atoms with E-state index in [2.05, 4.69) is 10.1 Å². The average molecular weight is 220 g/mol. The van der Waals surface area contributed by atoms with Crippen molar-refractivity contribution in [3.8, 4) is 0 Å². The van der Waals surface area contributed by atoms with E-state index < -0.39 is 6.04 Å². The van der Waals surface area contributed by atoms with Crippen LogP contribution in [0.15, 0.2) is 24.3 Å². The van der Waals surface area contributed by atoms with E-state index >= 15 is 0 Å². The third-order valence-corrected chi connectivity index (χ3v) is 2.50. The molecule has 0 bridgehead atoms. The Kier molecular flexibility index (Phi) is 2.70. The van der Waals surface area contributed by atoms with Crippen LogP contribution >= 0.6 is 0 Å². The van der Waals surface area contributed by atoms with Crippen molar-refractivity contribution in [3.05, 3.63) is 47.3 Å². The van der Waals surface area contributed by atoms with Crippen LogP contribution < -0.4 is 5.73 Å². The van der Waals surface area contributed by atoms with Crippen LogP contribution in [-0.4, -0.2) is 14.8 Å². The molecule has 2 N–H and O–H groups in total. The van der Waals surface area contributed by atoms with E-state index in [9.17, 15) is 4.39 Å². The van der Waals surface area contributed by atoms with Gasteiger partial charge in [-0.3, -0.25) is 4.68 Å². The monoisotopic (exact) mass is 220 g/mol. The second-order valence-electron chi connectivity index (χ2n) is 3.67. The van der Waals surface area contributed by atoms with Crippen LogP contribution in [0, 0.1) is 12.7 Å². The summed E-state index contributed by atoms with van der Waals surface area (Å²) in [7, 11) is 1.81. The second-order valence-corrected chi connectivity index (χ2v) is 3.67. The number of nitrogens with zero attached hydrogens (tertiary/aromatic N) is 3. The van der Waals surface area contributed by atoms with E-state index in [4.69, 9.17) is 5.73 Å². The molecule has 0 aliphatic heterocycles. The van der Waals surface area contributed by atoms with Gasteiger partial charge < -0.3 is 5.73 Å². The molecule has 1 aromatic carbocycles. The number of aromatic nitrogens is 3. The fourth-order valence-corrected chi connectivity index (χ4v) is 1.44. The number of rotatable bonds is 2. The first-order valence-electron chi connectivity index (χ1n) is 4.96. The molecule has 2 rings (SSSR count). The van der Waals surface area contributed by atoms with Crippen molar-refractivity contribution in [1.29, 1.82) is 0 Å². The lowest BCUT2D eigenvalue weighted by atomic mass is 10.1. The number of hydrogen-bond acceptors (Lipinski definition) is 3. The van der Waals surface area contributed by atoms with Crippen molar-refractivity contribution in [2.24, 2.45) is 12.8 Å². The fraction of sp³-hybridized carbons (Fsp3) is 0.273. The van der Waals surface area contributed by atoms with E-state index in [-0.39, 0.29) is 5.82 Å². The van der Waals surface area contributed by atoms with E-state index in [1.807, 2.05) is 14.0 Å². The van der Waals surface area contributed by atoms with Gasteiger partial charge in [-0.25, -0.2) is 9.37 Å².